The van der Waals surface area contributed by atoms with Crippen molar-refractivity contribution in [1.82, 2.24) is 0 Å². The molecule has 0 fully saturated rings. The van der Waals surface area contributed by atoms with Crippen molar-refractivity contribution in [3.05, 3.63) is 23.8 Å². The van der Waals surface area contributed by atoms with E-state index in [9.17, 15) is 14.4 Å². The molecule has 1 rings (SSSR count). The Kier molecular flexibility index (Phi) is 5.67. The van der Waals surface area contributed by atoms with Crippen LogP contribution in [0.3, 0.4) is 0 Å². The molecule has 0 aliphatic heterocycles. The van der Waals surface area contributed by atoms with Gasteiger partial charge in [-0.05, 0) is 25.1 Å². The van der Waals surface area contributed by atoms with Crippen LogP contribution < -0.4 is 15.8 Å². The van der Waals surface area contributed by atoms with Crippen LogP contribution in [0.25, 0.3) is 0 Å². The van der Waals surface area contributed by atoms with Gasteiger partial charge in [-0.1, -0.05) is 0 Å². The van der Waals surface area contributed by atoms with Gasteiger partial charge in [0.1, 0.15) is 5.75 Å². The first-order chi connectivity index (χ1) is 9.90. The fourth-order valence-electron chi connectivity index (χ4n) is 1.49. The summed E-state index contributed by atoms with van der Waals surface area (Å²) in [6.45, 7) is 1.66. The Morgan fingerprint density at radius 2 is 2.05 bits per heavy atom. The number of nitrogens with two attached hydrogens (primary N) is 1. The highest BCUT2D eigenvalue weighted by Gasteiger charge is 2.25. The molecule has 0 heterocycles. The molecule has 1 amide bonds. The van der Waals surface area contributed by atoms with Crippen molar-refractivity contribution in [3.63, 3.8) is 0 Å². The van der Waals surface area contributed by atoms with Crippen LogP contribution >= 0.6 is 0 Å². The number of hydrogen-bond donors (Lipinski definition) is 3. The summed E-state index contributed by atoms with van der Waals surface area (Å²) in [7, 11) is 1.38. The number of amides is 1. The lowest BCUT2D eigenvalue weighted by atomic mass is 10.1. The van der Waals surface area contributed by atoms with E-state index < -0.39 is 23.9 Å². The lowest BCUT2D eigenvalue weighted by Crippen LogP contribution is -2.43. The molecule has 0 bridgehead atoms. The number of benzene rings is 1. The maximum Gasteiger partial charge on any atom is 0.337 e. The number of ether oxygens (including phenoxy) is 2. The molecular weight excluding hydrogens is 280 g/mol. The van der Waals surface area contributed by atoms with E-state index in [-0.39, 0.29) is 17.9 Å². The molecule has 114 valence electrons. The average Bonchev–Trinajstić information content (AvgIpc) is 2.46. The van der Waals surface area contributed by atoms with Gasteiger partial charge in [-0.25, -0.2) is 9.59 Å². The van der Waals surface area contributed by atoms with Crippen LogP contribution in [0.5, 0.6) is 5.75 Å². The lowest BCUT2D eigenvalue weighted by Gasteiger charge is -2.13. The van der Waals surface area contributed by atoms with E-state index in [1.54, 1.807) is 6.92 Å². The first-order valence-corrected chi connectivity index (χ1v) is 6.05. The second-order valence-electron chi connectivity index (χ2n) is 3.94. The average molecular weight is 296 g/mol. The quantitative estimate of drug-likeness (QED) is 0.506. The zero-order valence-corrected chi connectivity index (χ0v) is 11.6. The molecule has 0 saturated heterocycles. The maximum absolute atomic E-state index is 11.8. The monoisotopic (exact) mass is 296 g/mol. The summed E-state index contributed by atoms with van der Waals surface area (Å²) >= 11 is 0. The summed E-state index contributed by atoms with van der Waals surface area (Å²) in [5.74, 6) is -2.68. The Bertz CT molecular complexity index is 558. The van der Waals surface area contributed by atoms with Crippen molar-refractivity contribution in [2.45, 2.75) is 13.0 Å². The van der Waals surface area contributed by atoms with Crippen LogP contribution in [0, 0.1) is 0 Å². The zero-order chi connectivity index (χ0) is 16.0. The predicted octanol–water partition coefficient (Wildman–Crippen LogP) is 0.222. The molecule has 0 aliphatic rings. The Hall–Kier alpha value is -2.61. The summed E-state index contributed by atoms with van der Waals surface area (Å²) in [4.78, 5) is 34.3. The summed E-state index contributed by atoms with van der Waals surface area (Å²) < 4.78 is 9.52. The molecule has 8 nitrogen and oxygen atoms in total. The Balaban J connectivity index is 2.94. The minimum absolute atomic E-state index is 0.00745. The molecule has 8 heteroatoms. The van der Waals surface area contributed by atoms with Crippen molar-refractivity contribution in [1.29, 1.82) is 0 Å². The van der Waals surface area contributed by atoms with E-state index >= 15 is 0 Å². The predicted molar refractivity (Wildman–Crippen MR) is 73.2 cm³/mol. The number of hydrogen-bond acceptors (Lipinski definition) is 6. The first kappa shape index (κ1) is 16.4. The van der Waals surface area contributed by atoms with E-state index in [0.29, 0.717) is 5.75 Å². The Morgan fingerprint density at radius 1 is 1.38 bits per heavy atom. The summed E-state index contributed by atoms with van der Waals surface area (Å²) in [6, 6.07) is 2.53. The van der Waals surface area contributed by atoms with Crippen molar-refractivity contribution in [2.24, 2.45) is 5.73 Å². The summed E-state index contributed by atoms with van der Waals surface area (Å²) in [5.41, 5.74) is 5.24. The number of carboxylic acid groups (broad SMARTS) is 1. The normalized spacial score (nSPS) is 11.4. The van der Waals surface area contributed by atoms with E-state index in [1.165, 1.54) is 25.3 Å². The van der Waals surface area contributed by atoms with Crippen LogP contribution in [0.2, 0.25) is 0 Å². The van der Waals surface area contributed by atoms with Gasteiger partial charge in [0.05, 0.1) is 25.0 Å². The second-order valence-corrected chi connectivity index (χ2v) is 3.94. The molecule has 0 aromatic heterocycles. The smallest absolute Gasteiger partial charge is 0.337 e. The van der Waals surface area contributed by atoms with E-state index in [0.717, 1.165) is 0 Å². The number of carbonyl (C=O) groups excluding carboxylic acids is 2. The molecule has 1 atom stereocenters. The van der Waals surface area contributed by atoms with Crippen molar-refractivity contribution in [3.8, 4) is 5.75 Å². The van der Waals surface area contributed by atoms with Gasteiger partial charge in [-0.15, -0.1) is 0 Å². The van der Waals surface area contributed by atoms with Crippen LogP contribution in [-0.2, 0) is 14.3 Å². The number of methoxy groups -OCH3 is 1. The minimum Gasteiger partial charge on any atom is -0.497 e. The van der Waals surface area contributed by atoms with E-state index in [1.807, 2.05) is 0 Å². The molecule has 1 unspecified atom stereocenters. The first-order valence-electron chi connectivity index (χ1n) is 6.05. The second kappa shape index (κ2) is 7.25. The van der Waals surface area contributed by atoms with Crippen LogP contribution in [0.1, 0.15) is 17.3 Å². The molecule has 21 heavy (non-hydrogen) atoms. The zero-order valence-electron chi connectivity index (χ0n) is 11.6. The lowest BCUT2D eigenvalue weighted by molar-refractivity contribution is -0.146. The third-order valence-electron chi connectivity index (χ3n) is 2.54. The molecule has 0 radical (unpaired) electrons. The van der Waals surface area contributed by atoms with Gasteiger partial charge in [-0.3, -0.25) is 4.79 Å². The number of esters is 1. The Labute approximate surface area is 120 Å². The van der Waals surface area contributed by atoms with E-state index in [4.69, 9.17) is 15.6 Å². The molecular formula is C13H16N2O6. The number of anilines is 1. The Morgan fingerprint density at radius 3 is 2.57 bits per heavy atom. The number of nitrogens with one attached hydrogen (secondary N) is 1. The summed E-state index contributed by atoms with van der Waals surface area (Å²) in [6.07, 6.45) is 0. The van der Waals surface area contributed by atoms with Gasteiger partial charge in [0, 0.05) is 0 Å². The molecule has 4 N–H and O–H groups in total. The third kappa shape index (κ3) is 4.18. The number of aromatic carboxylic acids is 1. The highest BCUT2D eigenvalue weighted by atomic mass is 16.5. The topological polar surface area (TPSA) is 128 Å². The molecule has 1 aromatic rings. The SMILES string of the molecule is CCOC(=O)C(N)C(=O)Nc1ccc(OC)cc1C(=O)O. The standard InChI is InChI=1S/C13H16N2O6/c1-3-21-13(19)10(14)11(16)15-9-5-4-7(20-2)6-8(9)12(17)18/h4-6,10H,3,14H2,1-2H3,(H,15,16)(H,17,18). The van der Waals surface area contributed by atoms with Crippen LogP contribution in [0.15, 0.2) is 18.2 Å². The van der Waals surface area contributed by atoms with Crippen molar-refractivity contribution < 1.29 is 29.0 Å². The van der Waals surface area contributed by atoms with Crippen molar-refractivity contribution >= 4 is 23.5 Å². The minimum atomic E-state index is -1.53. The fourth-order valence-corrected chi connectivity index (χ4v) is 1.49. The van der Waals surface area contributed by atoms with Gasteiger partial charge in [0.2, 0.25) is 0 Å². The van der Waals surface area contributed by atoms with Crippen molar-refractivity contribution in [2.75, 3.05) is 19.0 Å². The number of rotatable bonds is 6. The molecule has 0 aliphatic carbocycles. The van der Waals surface area contributed by atoms with Crippen LogP contribution in [-0.4, -0.2) is 42.7 Å². The van der Waals surface area contributed by atoms with Crippen LogP contribution in [0.4, 0.5) is 5.69 Å². The maximum atomic E-state index is 11.8. The number of carboxylic acids is 1. The number of carbonyl (C=O) groups is 3. The van der Waals surface area contributed by atoms with Gasteiger partial charge in [0.15, 0.2) is 6.04 Å². The molecule has 1 aromatic carbocycles. The third-order valence-corrected chi connectivity index (χ3v) is 2.54. The van der Waals surface area contributed by atoms with Gasteiger partial charge < -0.3 is 25.6 Å². The highest BCUT2D eigenvalue weighted by Crippen LogP contribution is 2.22. The largest absolute Gasteiger partial charge is 0.497 e. The fraction of sp³-hybridized carbons (Fsp3) is 0.308. The van der Waals surface area contributed by atoms with Gasteiger partial charge in [-0.2, -0.15) is 0 Å². The van der Waals surface area contributed by atoms with Gasteiger partial charge in [0.25, 0.3) is 5.91 Å². The molecule has 0 saturated carbocycles. The van der Waals surface area contributed by atoms with E-state index in [2.05, 4.69) is 10.1 Å². The van der Waals surface area contributed by atoms with Gasteiger partial charge >= 0.3 is 11.9 Å². The molecule has 0 spiro atoms. The summed E-state index contributed by atoms with van der Waals surface area (Å²) in [5, 5.41) is 11.4. The highest BCUT2D eigenvalue weighted by molar-refractivity contribution is 6.10.